The van der Waals surface area contributed by atoms with Crippen molar-refractivity contribution in [1.29, 1.82) is 0 Å². The fourth-order valence-electron chi connectivity index (χ4n) is 3.81. The van der Waals surface area contributed by atoms with Crippen molar-refractivity contribution in [3.05, 3.63) is 102 Å². The second-order valence-electron chi connectivity index (χ2n) is 8.14. The summed E-state index contributed by atoms with van der Waals surface area (Å²) in [5, 5.41) is 25.5. The van der Waals surface area contributed by atoms with E-state index in [0.29, 0.717) is 16.5 Å². The maximum absolute atomic E-state index is 12.6. The van der Waals surface area contributed by atoms with Crippen LogP contribution >= 0.6 is 11.8 Å². The molecule has 0 aliphatic rings. The third kappa shape index (κ3) is 4.99. The molecule has 2 N–H and O–H groups in total. The maximum atomic E-state index is 12.6. The van der Waals surface area contributed by atoms with Gasteiger partial charge in [0.1, 0.15) is 5.75 Å². The van der Waals surface area contributed by atoms with E-state index in [-0.39, 0.29) is 17.4 Å². The number of para-hydroxylation sites is 1. The summed E-state index contributed by atoms with van der Waals surface area (Å²) in [7, 11) is 0. The van der Waals surface area contributed by atoms with Gasteiger partial charge in [-0.05, 0) is 35.9 Å². The molecule has 0 aliphatic carbocycles. The minimum Gasteiger partial charge on any atom is -0.507 e. The van der Waals surface area contributed by atoms with Crippen LogP contribution in [0.15, 0.2) is 101 Å². The number of aromatic nitrogens is 3. The summed E-state index contributed by atoms with van der Waals surface area (Å²) in [5.74, 6) is 0.599. The van der Waals surface area contributed by atoms with Crippen LogP contribution in [0.25, 0.3) is 27.8 Å². The van der Waals surface area contributed by atoms with Gasteiger partial charge in [0.2, 0.25) is 0 Å². The van der Waals surface area contributed by atoms with Crippen LogP contribution in [0.2, 0.25) is 0 Å². The second kappa shape index (κ2) is 10.5. The number of carbonyl (C=O) groups excluding carboxylic acids is 1. The van der Waals surface area contributed by atoms with E-state index < -0.39 is 0 Å². The van der Waals surface area contributed by atoms with Gasteiger partial charge in [0, 0.05) is 16.8 Å². The Morgan fingerprint density at radius 1 is 0.972 bits per heavy atom. The Labute approximate surface area is 212 Å². The van der Waals surface area contributed by atoms with Crippen molar-refractivity contribution >= 4 is 34.7 Å². The number of aromatic hydroxyl groups is 1. The average molecular weight is 494 g/mol. The fraction of sp³-hybridized carbons (Fsp3) is 0.0714. The molecule has 0 saturated heterocycles. The van der Waals surface area contributed by atoms with Gasteiger partial charge in [0.15, 0.2) is 11.0 Å². The van der Waals surface area contributed by atoms with Crippen molar-refractivity contribution in [2.24, 2.45) is 5.10 Å². The molecule has 0 bridgehead atoms. The molecule has 1 amide bonds. The molecular weight excluding hydrogens is 470 g/mol. The van der Waals surface area contributed by atoms with Crippen LogP contribution < -0.4 is 5.43 Å². The highest BCUT2D eigenvalue weighted by Crippen LogP contribution is 2.28. The molecule has 0 aliphatic heterocycles. The summed E-state index contributed by atoms with van der Waals surface area (Å²) < 4.78 is 1.94. The van der Waals surface area contributed by atoms with Gasteiger partial charge >= 0.3 is 0 Å². The minimum absolute atomic E-state index is 0.0950. The largest absolute Gasteiger partial charge is 0.507 e. The lowest BCUT2D eigenvalue weighted by Gasteiger charge is -2.10. The van der Waals surface area contributed by atoms with Gasteiger partial charge in [-0.25, -0.2) is 5.43 Å². The molecule has 0 fully saturated rings. The van der Waals surface area contributed by atoms with Crippen LogP contribution in [0.5, 0.6) is 5.75 Å². The molecule has 0 spiro atoms. The summed E-state index contributed by atoms with van der Waals surface area (Å²) >= 11 is 1.27. The minimum atomic E-state index is -0.296. The summed E-state index contributed by atoms with van der Waals surface area (Å²) in [6.45, 7) is 2.04. The van der Waals surface area contributed by atoms with Crippen LogP contribution in [-0.2, 0) is 4.79 Å². The van der Waals surface area contributed by atoms with Gasteiger partial charge in [0.05, 0.1) is 12.0 Å². The number of nitrogens with one attached hydrogen (secondary N) is 1. The van der Waals surface area contributed by atoms with Crippen molar-refractivity contribution in [3.63, 3.8) is 0 Å². The van der Waals surface area contributed by atoms with E-state index >= 15 is 0 Å². The summed E-state index contributed by atoms with van der Waals surface area (Å²) in [6.07, 6.45) is 1.46. The van der Waals surface area contributed by atoms with E-state index in [4.69, 9.17) is 0 Å². The Morgan fingerprint density at radius 3 is 2.53 bits per heavy atom. The number of hydrogen-bond acceptors (Lipinski definition) is 6. The van der Waals surface area contributed by atoms with Gasteiger partial charge in [-0.2, -0.15) is 5.10 Å². The number of aryl methyl sites for hydroxylation is 1. The SMILES string of the molecule is Cc1ccc(-c2nnc(SCC(=O)NN=Cc3c(O)ccc4ccccc34)n2-c2ccccc2)cc1. The molecule has 7 nitrogen and oxygen atoms in total. The normalized spacial score (nSPS) is 11.2. The van der Waals surface area contributed by atoms with Crippen LogP contribution in [-0.4, -0.2) is 37.7 Å². The first kappa shape index (κ1) is 23.3. The number of phenols is 1. The number of thioether (sulfide) groups is 1. The van der Waals surface area contributed by atoms with Crippen molar-refractivity contribution in [1.82, 2.24) is 20.2 Å². The lowest BCUT2D eigenvalue weighted by molar-refractivity contribution is -0.118. The lowest BCUT2D eigenvalue weighted by Crippen LogP contribution is -2.20. The summed E-state index contributed by atoms with van der Waals surface area (Å²) in [6, 6.07) is 29.0. The molecule has 4 aromatic carbocycles. The first-order valence-electron chi connectivity index (χ1n) is 11.3. The second-order valence-corrected chi connectivity index (χ2v) is 9.09. The highest BCUT2D eigenvalue weighted by atomic mass is 32.2. The molecule has 5 aromatic rings. The van der Waals surface area contributed by atoms with E-state index in [0.717, 1.165) is 27.6 Å². The molecule has 5 rings (SSSR count). The first-order valence-corrected chi connectivity index (χ1v) is 12.3. The maximum Gasteiger partial charge on any atom is 0.250 e. The molecule has 1 aromatic heterocycles. The monoisotopic (exact) mass is 493 g/mol. The van der Waals surface area contributed by atoms with Crippen molar-refractivity contribution in [2.45, 2.75) is 12.1 Å². The highest BCUT2D eigenvalue weighted by molar-refractivity contribution is 7.99. The van der Waals surface area contributed by atoms with E-state index in [1.54, 1.807) is 6.07 Å². The predicted octanol–water partition coefficient (Wildman–Crippen LogP) is 5.34. The van der Waals surface area contributed by atoms with Crippen LogP contribution in [0.3, 0.4) is 0 Å². The van der Waals surface area contributed by atoms with Crippen molar-refractivity contribution in [2.75, 3.05) is 5.75 Å². The first-order chi connectivity index (χ1) is 17.6. The van der Waals surface area contributed by atoms with Gasteiger partial charge in [-0.3, -0.25) is 9.36 Å². The molecule has 0 atom stereocenters. The third-order valence-corrected chi connectivity index (χ3v) is 6.55. The van der Waals surface area contributed by atoms with Gasteiger partial charge in [-0.1, -0.05) is 90.1 Å². The smallest absolute Gasteiger partial charge is 0.250 e. The number of hydrazone groups is 1. The van der Waals surface area contributed by atoms with Crippen LogP contribution in [0.4, 0.5) is 0 Å². The van der Waals surface area contributed by atoms with Crippen LogP contribution in [0.1, 0.15) is 11.1 Å². The molecule has 0 unspecified atom stereocenters. The summed E-state index contributed by atoms with van der Waals surface area (Å²) in [4.78, 5) is 12.6. The average Bonchev–Trinajstić information content (AvgIpc) is 3.33. The molecule has 36 heavy (non-hydrogen) atoms. The molecule has 0 saturated carbocycles. The Bertz CT molecular complexity index is 1550. The molecule has 178 valence electrons. The molecule has 8 heteroatoms. The Kier molecular flexibility index (Phi) is 6.77. The number of benzene rings is 4. The van der Waals surface area contributed by atoms with Crippen LogP contribution in [0, 0.1) is 6.92 Å². The highest BCUT2D eigenvalue weighted by Gasteiger charge is 2.17. The third-order valence-electron chi connectivity index (χ3n) is 5.62. The number of phenolic OH excluding ortho intramolecular Hbond substituents is 1. The number of amides is 1. The topological polar surface area (TPSA) is 92.4 Å². The summed E-state index contributed by atoms with van der Waals surface area (Å²) in [5.41, 5.74) is 6.09. The Hall–Kier alpha value is -4.43. The fourth-order valence-corrected chi connectivity index (χ4v) is 4.56. The number of rotatable bonds is 7. The lowest BCUT2D eigenvalue weighted by atomic mass is 10.0. The predicted molar refractivity (Wildman–Crippen MR) is 144 cm³/mol. The zero-order valence-electron chi connectivity index (χ0n) is 19.5. The van der Waals surface area contributed by atoms with Gasteiger partial charge < -0.3 is 5.11 Å². The Morgan fingerprint density at radius 2 is 1.72 bits per heavy atom. The van der Waals surface area contributed by atoms with E-state index in [2.05, 4.69) is 20.7 Å². The zero-order chi connectivity index (χ0) is 24.9. The van der Waals surface area contributed by atoms with E-state index in [9.17, 15) is 9.90 Å². The van der Waals surface area contributed by atoms with Crippen molar-refractivity contribution in [3.8, 4) is 22.8 Å². The van der Waals surface area contributed by atoms with Crippen molar-refractivity contribution < 1.29 is 9.90 Å². The molecular formula is C28H23N5O2S. The van der Waals surface area contributed by atoms with E-state index in [1.807, 2.05) is 96.4 Å². The molecule has 1 heterocycles. The van der Waals surface area contributed by atoms with Gasteiger partial charge in [0.25, 0.3) is 5.91 Å². The zero-order valence-corrected chi connectivity index (χ0v) is 20.3. The quantitative estimate of drug-likeness (QED) is 0.181. The van der Waals surface area contributed by atoms with Gasteiger partial charge in [-0.15, -0.1) is 10.2 Å². The van der Waals surface area contributed by atoms with E-state index in [1.165, 1.54) is 18.0 Å². The Balaban J connectivity index is 1.33. The number of nitrogens with zero attached hydrogens (tertiary/aromatic N) is 4. The number of hydrogen-bond donors (Lipinski definition) is 2. The number of fused-ring (bicyclic) bond motifs is 1. The standard InChI is InChI=1S/C28H23N5O2S/c1-19-11-13-21(14-12-19)27-31-32-28(33(27)22-8-3-2-4-9-22)36-18-26(35)30-29-17-24-23-10-6-5-7-20(23)15-16-25(24)34/h2-17,34H,18H2,1H3,(H,30,35). The molecule has 0 radical (unpaired) electrons. The number of carbonyl (C=O) groups is 1.